The fraction of sp³-hybridized carbons (Fsp3) is 0.467. The van der Waals surface area contributed by atoms with Gasteiger partial charge in [-0.2, -0.15) is 0 Å². The molecule has 108 valence electrons. The van der Waals surface area contributed by atoms with Crippen LogP contribution in [0.1, 0.15) is 18.9 Å². The van der Waals surface area contributed by atoms with E-state index in [0.29, 0.717) is 13.1 Å². The molecule has 0 aliphatic carbocycles. The minimum absolute atomic E-state index is 0.445. The predicted molar refractivity (Wildman–Crippen MR) is 78.5 cm³/mol. The summed E-state index contributed by atoms with van der Waals surface area (Å²) in [5, 5.41) is 5.94. The number of benzene rings is 1. The largest absolute Gasteiger partial charge is 0.333 e. The molecule has 0 radical (unpaired) electrons. The maximum atomic E-state index is 12.1. The summed E-state index contributed by atoms with van der Waals surface area (Å²) in [4.78, 5) is 25.8. The monoisotopic (exact) mass is 275 g/mol. The summed E-state index contributed by atoms with van der Waals surface area (Å²) >= 11 is 0. The number of para-hydroxylation sites is 1. The molecular formula is C15H21N3O2. The third kappa shape index (κ3) is 3.57. The molecule has 5 nitrogen and oxygen atoms in total. The summed E-state index contributed by atoms with van der Waals surface area (Å²) in [6.07, 6.45) is 1.70. The zero-order valence-corrected chi connectivity index (χ0v) is 11.8. The van der Waals surface area contributed by atoms with Crippen molar-refractivity contribution in [2.45, 2.75) is 19.8 Å². The van der Waals surface area contributed by atoms with Crippen LogP contribution in [0, 0.1) is 0 Å². The van der Waals surface area contributed by atoms with Gasteiger partial charge in [0.2, 0.25) is 0 Å². The fourth-order valence-corrected chi connectivity index (χ4v) is 2.32. The van der Waals surface area contributed by atoms with Crippen molar-refractivity contribution in [1.29, 1.82) is 0 Å². The minimum Gasteiger partial charge on any atom is -0.333 e. The van der Waals surface area contributed by atoms with Gasteiger partial charge in [0.15, 0.2) is 0 Å². The van der Waals surface area contributed by atoms with E-state index in [0.717, 1.165) is 37.2 Å². The number of rotatable bonds is 2. The van der Waals surface area contributed by atoms with E-state index in [1.165, 1.54) is 0 Å². The predicted octanol–water partition coefficient (Wildman–Crippen LogP) is 1.01. The van der Waals surface area contributed by atoms with Gasteiger partial charge in [-0.3, -0.25) is 9.59 Å². The Morgan fingerprint density at radius 2 is 2.05 bits per heavy atom. The Morgan fingerprint density at radius 1 is 1.25 bits per heavy atom. The zero-order valence-electron chi connectivity index (χ0n) is 11.8. The number of aryl methyl sites for hydroxylation is 1. The molecule has 1 aliphatic rings. The van der Waals surface area contributed by atoms with E-state index in [9.17, 15) is 9.59 Å². The normalized spacial score (nSPS) is 15.6. The van der Waals surface area contributed by atoms with Crippen LogP contribution in [0.4, 0.5) is 5.69 Å². The van der Waals surface area contributed by atoms with E-state index in [4.69, 9.17) is 0 Å². The number of hydrogen-bond acceptors (Lipinski definition) is 3. The third-order valence-corrected chi connectivity index (χ3v) is 3.47. The van der Waals surface area contributed by atoms with Gasteiger partial charge in [-0.05, 0) is 31.0 Å². The lowest BCUT2D eigenvalue weighted by molar-refractivity contribution is -0.143. The lowest BCUT2D eigenvalue weighted by Gasteiger charge is -2.19. The molecule has 0 unspecified atom stereocenters. The van der Waals surface area contributed by atoms with Crippen molar-refractivity contribution in [3.05, 3.63) is 29.8 Å². The molecule has 0 aromatic heterocycles. The summed E-state index contributed by atoms with van der Waals surface area (Å²) in [5.74, 6) is -0.993. The number of carbonyl (C=O) groups excluding carboxylic acids is 2. The summed E-state index contributed by atoms with van der Waals surface area (Å²) in [6, 6.07) is 7.57. The average Bonchev–Trinajstić information content (AvgIpc) is 2.76. The molecule has 0 bridgehead atoms. The van der Waals surface area contributed by atoms with Crippen LogP contribution in [0.15, 0.2) is 24.3 Å². The Labute approximate surface area is 119 Å². The first kappa shape index (κ1) is 14.5. The Bertz CT molecular complexity index is 480. The summed E-state index contributed by atoms with van der Waals surface area (Å²) < 4.78 is 0. The van der Waals surface area contributed by atoms with E-state index in [2.05, 4.69) is 10.6 Å². The highest BCUT2D eigenvalue weighted by Crippen LogP contribution is 2.15. The van der Waals surface area contributed by atoms with E-state index >= 15 is 0 Å². The van der Waals surface area contributed by atoms with E-state index in [1.807, 2.05) is 31.2 Å². The van der Waals surface area contributed by atoms with Crippen molar-refractivity contribution in [3.63, 3.8) is 0 Å². The SMILES string of the molecule is CCc1ccccc1NC(=O)C(=O)N1CCCNCC1. The first-order valence-electron chi connectivity index (χ1n) is 7.11. The van der Waals surface area contributed by atoms with Gasteiger partial charge in [-0.15, -0.1) is 0 Å². The van der Waals surface area contributed by atoms with Crippen molar-refractivity contribution in [1.82, 2.24) is 10.2 Å². The number of amides is 2. The van der Waals surface area contributed by atoms with Crippen molar-refractivity contribution < 1.29 is 9.59 Å². The van der Waals surface area contributed by atoms with Gasteiger partial charge in [0.1, 0.15) is 0 Å². The molecule has 2 rings (SSSR count). The molecule has 0 atom stereocenters. The van der Waals surface area contributed by atoms with Crippen LogP contribution in [-0.4, -0.2) is 42.9 Å². The highest BCUT2D eigenvalue weighted by Gasteiger charge is 2.22. The lowest BCUT2D eigenvalue weighted by atomic mass is 10.1. The Hall–Kier alpha value is -1.88. The van der Waals surface area contributed by atoms with Crippen molar-refractivity contribution in [2.75, 3.05) is 31.5 Å². The molecule has 1 aromatic carbocycles. The van der Waals surface area contributed by atoms with Crippen LogP contribution in [0.3, 0.4) is 0 Å². The van der Waals surface area contributed by atoms with Crippen molar-refractivity contribution in [2.24, 2.45) is 0 Å². The molecule has 1 aliphatic heterocycles. The van der Waals surface area contributed by atoms with Crippen molar-refractivity contribution in [3.8, 4) is 0 Å². The third-order valence-electron chi connectivity index (χ3n) is 3.47. The van der Waals surface area contributed by atoms with Crippen LogP contribution in [-0.2, 0) is 16.0 Å². The Kier molecular flexibility index (Phi) is 5.12. The number of nitrogens with zero attached hydrogens (tertiary/aromatic N) is 1. The molecular weight excluding hydrogens is 254 g/mol. The van der Waals surface area contributed by atoms with Crippen LogP contribution in [0.2, 0.25) is 0 Å². The summed E-state index contributed by atoms with van der Waals surface area (Å²) in [5.41, 5.74) is 1.76. The molecule has 0 spiro atoms. The van der Waals surface area contributed by atoms with Gasteiger partial charge < -0.3 is 15.5 Å². The molecule has 1 fully saturated rings. The molecule has 2 amide bonds. The van der Waals surface area contributed by atoms with Crippen molar-refractivity contribution >= 4 is 17.5 Å². The van der Waals surface area contributed by atoms with Crippen LogP contribution in [0.25, 0.3) is 0 Å². The molecule has 1 aromatic rings. The molecule has 2 N–H and O–H groups in total. The van der Waals surface area contributed by atoms with Gasteiger partial charge in [-0.25, -0.2) is 0 Å². The van der Waals surface area contributed by atoms with E-state index in [1.54, 1.807) is 4.90 Å². The maximum absolute atomic E-state index is 12.1. The number of hydrogen-bond donors (Lipinski definition) is 2. The minimum atomic E-state index is -0.548. The van der Waals surface area contributed by atoms with Crippen LogP contribution >= 0.6 is 0 Å². The van der Waals surface area contributed by atoms with Gasteiger partial charge >= 0.3 is 11.8 Å². The second kappa shape index (κ2) is 7.05. The maximum Gasteiger partial charge on any atom is 0.313 e. The number of anilines is 1. The molecule has 20 heavy (non-hydrogen) atoms. The summed E-state index contributed by atoms with van der Waals surface area (Å²) in [7, 11) is 0. The highest BCUT2D eigenvalue weighted by atomic mass is 16.2. The second-order valence-corrected chi connectivity index (χ2v) is 4.86. The van der Waals surface area contributed by atoms with Gasteiger partial charge in [0.25, 0.3) is 0 Å². The molecule has 1 saturated heterocycles. The molecule has 5 heteroatoms. The topological polar surface area (TPSA) is 61.4 Å². The molecule has 1 heterocycles. The second-order valence-electron chi connectivity index (χ2n) is 4.86. The Morgan fingerprint density at radius 3 is 2.85 bits per heavy atom. The quantitative estimate of drug-likeness (QED) is 0.792. The standard InChI is InChI=1S/C15H21N3O2/c1-2-12-6-3-4-7-13(12)17-14(19)15(20)18-10-5-8-16-9-11-18/h3-4,6-7,16H,2,5,8-11H2,1H3,(H,17,19). The number of carbonyl (C=O) groups is 2. The average molecular weight is 275 g/mol. The zero-order chi connectivity index (χ0) is 14.4. The van der Waals surface area contributed by atoms with E-state index < -0.39 is 11.8 Å². The summed E-state index contributed by atoms with van der Waals surface area (Å²) in [6.45, 7) is 4.87. The van der Waals surface area contributed by atoms with Gasteiger partial charge in [-0.1, -0.05) is 25.1 Å². The smallest absolute Gasteiger partial charge is 0.313 e. The lowest BCUT2D eigenvalue weighted by Crippen LogP contribution is -2.41. The first-order chi connectivity index (χ1) is 9.72. The van der Waals surface area contributed by atoms with Gasteiger partial charge in [0, 0.05) is 25.3 Å². The number of nitrogens with one attached hydrogen (secondary N) is 2. The highest BCUT2D eigenvalue weighted by molar-refractivity contribution is 6.39. The fourth-order valence-electron chi connectivity index (χ4n) is 2.32. The van der Waals surface area contributed by atoms with Crippen LogP contribution in [0.5, 0.6) is 0 Å². The van der Waals surface area contributed by atoms with E-state index in [-0.39, 0.29) is 0 Å². The van der Waals surface area contributed by atoms with Gasteiger partial charge in [0.05, 0.1) is 0 Å². The first-order valence-corrected chi connectivity index (χ1v) is 7.11. The molecule has 0 saturated carbocycles. The Balaban J connectivity index is 2.01. The van der Waals surface area contributed by atoms with Crippen LogP contribution < -0.4 is 10.6 Å².